The van der Waals surface area contributed by atoms with Crippen molar-refractivity contribution in [1.82, 2.24) is 5.32 Å². The van der Waals surface area contributed by atoms with E-state index in [4.69, 9.17) is 0 Å². The number of aryl methyl sites for hydroxylation is 1. The normalized spacial score (nSPS) is 14.2. The van der Waals surface area contributed by atoms with Crippen molar-refractivity contribution in [2.24, 2.45) is 0 Å². The predicted octanol–water partition coefficient (Wildman–Crippen LogP) is 3.53. The maximum absolute atomic E-state index is 13.5. The maximum atomic E-state index is 13.5. The van der Waals surface area contributed by atoms with Crippen molar-refractivity contribution in [2.45, 2.75) is 31.9 Å². The lowest BCUT2D eigenvalue weighted by Crippen LogP contribution is -2.30. The first-order valence-corrected chi connectivity index (χ1v) is 7.78. The summed E-state index contributed by atoms with van der Waals surface area (Å²) in [5.41, 5.74) is 1.70. The summed E-state index contributed by atoms with van der Waals surface area (Å²) < 4.78 is 13.5. The third-order valence-corrected chi connectivity index (χ3v) is 4.09. The largest absolute Gasteiger partial charge is 0.387 e. The second-order valence-corrected chi connectivity index (χ2v) is 5.79. The fourth-order valence-corrected chi connectivity index (χ4v) is 2.78. The Hall–Kier alpha value is -1.23. The molecule has 2 unspecified atom stereocenters. The topological polar surface area (TPSA) is 32.3 Å². The highest BCUT2D eigenvalue weighted by atomic mass is 32.1. The summed E-state index contributed by atoms with van der Waals surface area (Å²) in [5, 5.41) is 17.2. The van der Waals surface area contributed by atoms with Crippen molar-refractivity contribution in [3.05, 3.63) is 58.0 Å². The van der Waals surface area contributed by atoms with Crippen LogP contribution < -0.4 is 5.32 Å². The highest BCUT2D eigenvalue weighted by molar-refractivity contribution is 7.07. The molecule has 0 saturated carbocycles. The van der Waals surface area contributed by atoms with Crippen molar-refractivity contribution < 1.29 is 9.50 Å². The van der Waals surface area contributed by atoms with Gasteiger partial charge in [0, 0.05) is 12.6 Å². The molecule has 0 aliphatic carbocycles. The zero-order valence-corrected chi connectivity index (χ0v) is 12.4. The van der Waals surface area contributed by atoms with Crippen molar-refractivity contribution in [3.63, 3.8) is 0 Å². The highest BCUT2D eigenvalue weighted by Crippen LogP contribution is 2.16. The van der Waals surface area contributed by atoms with Gasteiger partial charge in [-0.2, -0.15) is 11.3 Å². The average Bonchev–Trinajstić information content (AvgIpc) is 2.98. The molecule has 0 bridgehead atoms. The van der Waals surface area contributed by atoms with Gasteiger partial charge < -0.3 is 10.4 Å². The van der Waals surface area contributed by atoms with Crippen LogP contribution in [-0.2, 0) is 6.42 Å². The van der Waals surface area contributed by atoms with E-state index in [2.05, 4.69) is 12.2 Å². The predicted molar refractivity (Wildman–Crippen MR) is 81.5 cm³/mol. The second-order valence-electron chi connectivity index (χ2n) is 5.01. The molecule has 0 saturated heterocycles. The first-order valence-electron chi connectivity index (χ1n) is 6.83. The lowest BCUT2D eigenvalue weighted by molar-refractivity contribution is 0.170. The Bertz CT molecular complexity index is 515. The fourth-order valence-electron chi connectivity index (χ4n) is 2.07. The maximum Gasteiger partial charge on any atom is 0.126 e. The third-order valence-electron chi connectivity index (χ3n) is 3.39. The highest BCUT2D eigenvalue weighted by Gasteiger charge is 2.10. The average molecular weight is 293 g/mol. The van der Waals surface area contributed by atoms with Gasteiger partial charge in [-0.15, -0.1) is 0 Å². The van der Waals surface area contributed by atoms with Crippen molar-refractivity contribution in [3.8, 4) is 0 Å². The Kier molecular flexibility index (Phi) is 5.71. The summed E-state index contributed by atoms with van der Waals surface area (Å²) in [6.45, 7) is 2.58. The zero-order valence-electron chi connectivity index (χ0n) is 11.6. The standard InChI is InChI=1S/C16H20FNOS/c1-12(6-7-13-4-2-3-5-15(13)17)18-10-16(19)14-8-9-20-11-14/h2-5,8-9,11-12,16,18-19H,6-7,10H2,1H3. The Labute approximate surface area is 123 Å². The SMILES string of the molecule is CC(CCc1ccccc1F)NCC(O)c1ccsc1. The van der Waals surface area contributed by atoms with Gasteiger partial charge >= 0.3 is 0 Å². The number of benzene rings is 1. The van der Waals surface area contributed by atoms with E-state index in [1.807, 2.05) is 29.0 Å². The van der Waals surface area contributed by atoms with E-state index in [1.54, 1.807) is 17.4 Å². The Morgan fingerprint density at radius 1 is 1.30 bits per heavy atom. The number of hydrogen-bond donors (Lipinski definition) is 2. The van der Waals surface area contributed by atoms with Crippen LogP contribution in [0.5, 0.6) is 0 Å². The summed E-state index contributed by atoms with van der Waals surface area (Å²) in [6, 6.07) is 9.05. The number of aliphatic hydroxyl groups is 1. The minimum absolute atomic E-state index is 0.141. The Morgan fingerprint density at radius 2 is 2.10 bits per heavy atom. The van der Waals surface area contributed by atoms with Crippen LogP contribution in [0.1, 0.15) is 30.6 Å². The molecule has 0 radical (unpaired) electrons. The van der Waals surface area contributed by atoms with Gasteiger partial charge in [-0.05, 0) is 53.8 Å². The molecular weight excluding hydrogens is 273 g/mol. The van der Waals surface area contributed by atoms with Gasteiger partial charge in [-0.25, -0.2) is 4.39 Å². The van der Waals surface area contributed by atoms with E-state index in [0.717, 1.165) is 17.5 Å². The molecule has 2 atom stereocenters. The fraction of sp³-hybridized carbons (Fsp3) is 0.375. The molecule has 0 spiro atoms. The van der Waals surface area contributed by atoms with Gasteiger partial charge in [0.2, 0.25) is 0 Å². The minimum Gasteiger partial charge on any atom is -0.387 e. The molecule has 2 N–H and O–H groups in total. The lowest BCUT2D eigenvalue weighted by Gasteiger charge is -2.16. The third kappa shape index (κ3) is 4.40. The minimum atomic E-state index is -0.475. The van der Waals surface area contributed by atoms with Gasteiger partial charge in [0.15, 0.2) is 0 Å². The molecule has 1 heterocycles. The van der Waals surface area contributed by atoms with Crippen LogP contribution in [0, 0.1) is 5.82 Å². The summed E-state index contributed by atoms with van der Waals surface area (Å²) >= 11 is 1.58. The van der Waals surface area contributed by atoms with Crippen LogP contribution >= 0.6 is 11.3 Å². The zero-order chi connectivity index (χ0) is 14.4. The van der Waals surface area contributed by atoms with Gasteiger partial charge in [-0.3, -0.25) is 0 Å². The van der Waals surface area contributed by atoms with E-state index in [9.17, 15) is 9.50 Å². The molecular formula is C16H20FNOS. The van der Waals surface area contributed by atoms with Crippen LogP contribution in [0.3, 0.4) is 0 Å². The molecule has 4 heteroatoms. The van der Waals surface area contributed by atoms with Crippen molar-refractivity contribution >= 4 is 11.3 Å². The van der Waals surface area contributed by atoms with Crippen LogP contribution in [-0.4, -0.2) is 17.7 Å². The first-order chi connectivity index (χ1) is 9.66. The molecule has 0 fully saturated rings. The first kappa shape index (κ1) is 15.2. The van der Waals surface area contributed by atoms with E-state index in [0.29, 0.717) is 13.0 Å². The monoisotopic (exact) mass is 293 g/mol. The van der Waals surface area contributed by atoms with Crippen LogP contribution in [0.4, 0.5) is 4.39 Å². The van der Waals surface area contributed by atoms with Gasteiger partial charge in [0.25, 0.3) is 0 Å². The molecule has 108 valence electrons. The van der Waals surface area contributed by atoms with E-state index in [-0.39, 0.29) is 11.9 Å². The second kappa shape index (κ2) is 7.53. The number of halogens is 1. The number of nitrogens with one attached hydrogen (secondary N) is 1. The van der Waals surface area contributed by atoms with Crippen LogP contribution in [0.15, 0.2) is 41.1 Å². The van der Waals surface area contributed by atoms with E-state index < -0.39 is 6.10 Å². The molecule has 2 aromatic rings. The number of hydrogen-bond acceptors (Lipinski definition) is 3. The number of thiophene rings is 1. The van der Waals surface area contributed by atoms with Gasteiger partial charge in [-0.1, -0.05) is 18.2 Å². The number of aliphatic hydroxyl groups excluding tert-OH is 1. The summed E-state index contributed by atoms with van der Waals surface area (Å²) in [4.78, 5) is 0. The van der Waals surface area contributed by atoms with Gasteiger partial charge in [0.1, 0.15) is 5.82 Å². The van der Waals surface area contributed by atoms with E-state index in [1.165, 1.54) is 6.07 Å². The molecule has 2 nitrogen and oxygen atoms in total. The summed E-state index contributed by atoms with van der Waals surface area (Å²) in [5.74, 6) is -0.141. The Morgan fingerprint density at radius 3 is 2.80 bits per heavy atom. The summed E-state index contributed by atoms with van der Waals surface area (Å²) in [7, 11) is 0. The molecule has 1 aromatic heterocycles. The molecule has 0 aliphatic heterocycles. The smallest absolute Gasteiger partial charge is 0.126 e. The number of rotatable bonds is 7. The summed E-state index contributed by atoms with van der Waals surface area (Å²) in [6.07, 6.45) is 1.07. The lowest BCUT2D eigenvalue weighted by atomic mass is 10.1. The van der Waals surface area contributed by atoms with Crippen molar-refractivity contribution in [1.29, 1.82) is 0 Å². The van der Waals surface area contributed by atoms with Crippen molar-refractivity contribution in [2.75, 3.05) is 6.54 Å². The molecule has 20 heavy (non-hydrogen) atoms. The van der Waals surface area contributed by atoms with Gasteiger partial charge in [0.05, 0.1) is 6.10 Å². The van der Waals surface area contributed by atoms with E-state index >= 15 is 0 Å². The molecule has 0 aliphatic rings. The molecule has 0 amide bonds. The quantitative estimate of drug-likeness (QED) is 0.818. The van der Waals surface area contributed by atoms with Crippen LogP contribution in [0.25, 0.3) is 0 Å². The van der Waals surface area contributed by atoms with Crippen LogP contribution in [0.2, 0.25) is 0 Å². The molecule has 1 aromatic carbocycles. The molecule has 2 rings (SSSR count). The Balaban J connectivity index is 1.73.